The number of hydrogen-bond acceptors (Lipinski definition) is 4. The summed E-state index contributed by atoms with van der Waals surface area (Å²) in [5.74, 6) is 0.349. The lowest BCUT2D eigenvalue weighted by molar-refractivity contribution is 0.0954. The normalized spacial score (nSPS) is 10.5. The third kappa shape index (κ3) is 5.01. The minimum atomic E-state index is -0.208. The Labute approximate surface area is 168 Å². The van der Waals surface area contributed by atoms with Crippen LogP contribution in [0.5, 0.6) is 0 Å². The number of rotatable bonds is 7. The highest BCUT2D eigenvalue weighted by molar-refractivity contribution is 7.99. The van der Waals surface area contributed by atoms with E-state index >= 15 is 0 Å². The molecule has 2 heterocycles. The Morgan fingerprint density at radius 1 is 1.11 bits per heavy atom. The number of amides is 2. The van der Waals surface area contributed by atoms with E-state index in [-0.39, 0.29) is 11.8 Å². The highest BCUT2D eigenvalue weighted by Gasteiger charge is 2.13. The minimum Gasteiger partial charge on any atom is -0.351 e. The first-order valence-electron chi connectivity index (χ1n) is 8.90. The molecule has 1 aromatic carbocycles. The van der Waals surface area contributed by atoms with Crippen LogP contribution in [-0.2, 0) is 7.05 Å². The lowest BCUT2D eigenvalue weighted by atomic mass is 10.1. The molecule has 0 aliphatic carbocycles. The van der Waals surface area contributed by atoms with Crippen LogP contribution >= 0.6 is 11.8 Å². The largest absolute Gasteiger partial charge is 0.351 e. The standard InChI is InChI=1S/C21H22N4O2S/c1-15-8-9-16(14-17(15)24-21(27)18-6-5-12-25(18)2)20(26)23-11-13-28-19-7-3-4-10-22-19/h3-10,12,14H,11,13H2,1-2H3,(H,23,26)(H,24,27). The Bertz CT molecular complexity index is 970. The second kappa shape index (κ2) is 9.23. The summed E-state index contributed by atoms with van der Waals surface area (Å²) in [5.41, 5.74) is 2.59. The maximum absolute atomic E-state index is 12.4. The molecule has 2 aromatic heterocycles. The van der Waals surface area contributed by atoms with Crippen LogP contribution in [0.3, 0.4) is 0 Å². The Hall–Kier alpha value is -3.06. The summed E-state index contributed by atoms with van der Waals surface area (Å²) in [6, 6.07) is 14.6. The highest BCUT2D eigenvalue weighted by Crippen LogP contribution is 2.18. The second-order valence-corrected chi connectivity index (χ2v) is 7.38. The number of nitrogens with zero attached hydrogens (tertiary/aromatic N) is 2. The monoisotopic (exact) mass is 394 g/mol. The predicted octanol–water partition coefficient (Wildman–Crippen LogP) is 3.50. The maximum Gasteiger partial charge on any atom is 0.272 e. The smallest absolute Gasteiger partial charge is 0.272 e. The molecule has 2 N–H and O–H groups in total. The Balaban J connectivity index is 1.58. The van der Waals surface area contributed by atoms with E-state index in [1.54, 1.807) is 40.7 Å². The molecule has 0 unspecified atom stereocenters. The molecule has 0 saturated heterocycles. The van der Waals surface area contributed by atoms with Gasteiger partial charge in [0.1, 0.15) is 5.69 Å². The molecule has 0 fully saturated rings. The first-order valence-corrected chi connectivity index (χ1v) is 9.88. The number of aromatic nitrogens is 2. The van der Waals surface area contributed by atoms with Crippen molar-refractivity contribution >= 4 is 29.3 Å². The quantitative estimate of drug-likeness (QED) is 0.475. The van der Waals surface area contributed by atoms with E-state index in [0.717, 1.165) is 16.3 Å². The van der Waals surface area contributed by atoms with Crippen LogP contribution in [0, 0.1) is 6.92 Å². The van der Waals surface area contributed by atoms with Crippen LogP contribution in [-0.4, -0.2) is 33.7 Å². The minimum absolute atomic E-state index is 0.170. The Kier molecular flexibility index (Phi) is 6.49. The fraction of sp³-hybridized carbons (Fsp3) is 0.190. The number of pyridine rings is 1. The lowest BCUT2D eigenvalue weighted by Gasteiger charge is -2.11. The molecule has 28 heavy (non-hydrogen) atoms. The Morgan fingerprint density at radius 2 is 1.96 bits per heavy atom. The third-order valence-corrected chi connectivity index (χ3v) is 5.15. The van der Waals surface area contributed by atoms with Gasteiger partial charge in [-0.05, 0) is 48.9 Å². The average Bonchev–Trinajstić information content (AvgIpc) is 3.13. The van der Waals surface area contributed by atoms with Crippen LogP contribution in [0.1, 0.15) is 26.4 Å². The van der Waals surface area contributed by atoms with Crippen molar-refractivity contribution in [1.29, 1.82) is 0 Å². The van der Waals surface area contributed by atoms with Crippen LogP contribution in [0.15, 0.2) is 66.0 Å². The van der Waals surface area contributed by atoms with E-state index in [0.29, 0.717) is 23.5 Å². The lowest BCUT2D eigenvalue weighted by Crippen LogP contribution is -2.26. The van der Waals surface area contributed by atoms with E-state index in [9.17, 15) is 9.59 Å². The third-order valence-electron chi connectivity index (χ3n) is 4.20. The number of nitrogens with one attached hydrogen (secondary N) is 2. The molecule has 0 spiro atoms. The molecule has 7 heteroatoms. The van der Waals surface area contributed by atoms with Crippen molar-refractivity contribution in [3.8, 4) is 0 Å². The van der Waals surface area contributed by atoms with E-state index in [4.69, 9.17) is 0 Å². The van der Waals surface area contributed by atoms with Crippen molar-refractivity contribution in [2.45, 2.75) is 11.9 Å². The second-order valence-electron chi connectivity index (χ2n) is 6.26. The molecule has 2 amide bonds. The van der Waals surface area contributed by atoms with Crippen molar-refractivity contribution in [2.24, 2.45) is 7.05 Å². The van der Waals surface area contributed by atoms with E-state index in [2.05, 4.69) is 15.6 Å². The summed E-state index contributed by atoms with van der Waals surface area (Å²) in [5, 5.41) is 6.72. The van der Waals surface area contributed by atoms with Gasteiger partial charge in [-0.2, -0.15) is 0 Å². The van der Waals surface area contributed by atoms with Crippen molar-refractivity contribution in [2.75, 3.05) is 17.6 Å². The summed E-state index contributed by atoms with van der Waals surface area (Å²) in [6.45, 7) is 2.42. The van der Waals surface area contributed by atoms with E-state index < -0.39 is 0 Å². The van der Waals surface area contributed by atoms with Crippen molar-refractivity contribution in [1.82, 2.24) is 14.9 Å². The van der Waals surface area contributed by atoms with Gasteiger partial charge in [-0.1, -0.05) is 12.1 Å². The Morgan fingerprint density at radius 3 is 2.68 bits per heavy atom. The average molecular weight is 395 g/mol. The number of benzene rings is 1. The zero-order valence-electron chi connectivity index (χ0n) is 15.8. The van der Waals surface area contributed by atoms with Crippen LogP contribution in [0.4, 0.5) is 5.69 Å². The number of carbonyl (C=O) groups is 2. The molecule has 0 atom stereocenters. The predicted molar refractivity (Wildman–Crippen MR) is 112 cm³/mol. The van der Waals surface area contributed by atoms with Crippen LogP contribution in [0.2, 0.25) is 0 Å². The summed E-state index contributed by atoms with van der Waals surface area (Å²) in [7, 11) is 1.81. The number of thioether (sulfide) groups is 1. The molecular formula is C21H22N4O2S. The van der Waals surface area contributed by atoms with Gasteiger partial charge < -0.3 is 15.2 Å². The summed E-state index contributed by atoms with van der Waals surface area (Å²) in [6.07, 6.45) is 3.56. The number of carbonyl (C=O) groups excluding carboxylic acids is 2. The summed E-state index contributed by atoms with van der Waals surface area (Å²) < 4.78 is 1.75. The zero-order chi connectivity index (χ0) is 19.9. The molecule has 6 nitrogen and oxygen atoms in total. The topological polar surface area (TPSA) is 76.0 Å². The van der Waals surface area contributed by atoms with Gasteiger partial charge in [0.2, 0.25) is 0 Å². The molecule has 3 rings (SSSR count). The summed E-state index contributed by atoms with van der Waals surface area (Å²) >= 11 is 1.59. The number of anilines is 1. The van der Waals surface area contributed by atoms with Gasteiger partial charge >= 0.3 is 0 Å². The van der Waals surface area contributed by atoms with Crippen molar-refractivity contribution < 1.29 is 9.59 Å². The molecule has 144 valence electrons. The molecule has 0 radical (unpaired) electrons. The fourth-order valence-electron chi connectivity index (χ4n) is 2.64. The molecular weight excluding hydrogens is 372 g/mol. The summed E-state index contributed by atoms with van der Waals surface area (Å²) in [4.78, 5) is 29.1. The maximum atomic E-state index is 12.4. The van der Waals surface area contributed by atoms with Gasteiger partial charge in [-0.3, -0.25) is 9.59 Å². The SMILES string of the molecule is Cc1ccc(C(=O)NCCSc2ccccn2)cc1NC(=O)c1cccn1C. The van der Waals surface area contributed by atoms with E-state index in [1.165, 1.54) is 0 Å². The van der Waals surface area contributed by atoms with Crippen molar-refractivity contribution in [3.63, 3.8) is 0 Å². The van der Waals surface area contributed by atoms with Crippen LogP contribution in [0.25, 0.3) is 0 Å². The van der Waals surface area contributed by atoms with Gasteiger partial charge in [-0.15, -0.1) is 11.8 Å². The van der Waals surface area contributed by atoms with Gasteiger partial charge in [0.15, 0.2) is 0 Å². The number of hydrogen-bond donors (Lipinski definition) is 2. The highest BCUT2D eigenvalue weighted by atomic mass is 32.2. The van der Waals surface area contributed by atoms with Crippen LogP contribution < -0.4 is 10.6 Å². The molecule has 0 bridgehead atoms. The molecule has 3 aromatic rings. The molecule has 0 aliphatic rings. The van der Waals surface area contributed by atoms with Gasteiger partial charge in [0.25, 0.3) is 11.8 Å². The number of aryl methyl sites for hydroxylation is 2. The van der Waals surface area contributed by atoms with Crippen molar-refractivity contribution in [3.05, 3.63) is 77.7 Å². The van der Waals surface area contributed by atoms with Gasteiger partial charge in [-0.25, -0.2) is 4.98 Å². The van der Waals surface area contributed by atoms with Gasteiger partial charge in [0.05, 0.1) is 5.03 Å². The zero-order valence-corrected chi connectivity index (χ0v) is 16.6. The molecule has 0 saturated carbocycles. The van der Waals surface area contributed by atoms with E-state index in [1.807, 2.05) is 50.5 Å². The first-order chi connectivity index (χ1) is 13.5. The first kappa shape index (κ1) is 19.7. The molecule has 0 aliphatic heterocycles. The van der Waals surface area contributed by atoms with Gasteiger partial charge in [0, 0.05) is 43.0 Å². The fourth-order valence-corrected chi connectivity index (χ4v) is 3.36.